The van der Waals surface area contributed by atoms with Gasteiger partial charge in [-0.2, -0.15) is 0 Å². The Labute approximate surface area is 155 Å². The van der Waals surface area contributed by atoms with Crippen LogP contribution >= 0.6 is 0 Å². The van der Waals surface area contributed by atoms with Crippen molar-refractivity contribution < 1.29 is 24.2 Å². The Bertz CT molecular complexity index is 691. The van der Waals surface area contributed by atoms with E-state index in [1.807, 2.05) is 13.0 Å². The van der Waals surface area contributed by atoms with Crippen LogP contribution in [0.25, 0.3) is 0 Å². The zero-order valence-corrected chi connectivity index (χ0v) is 16.4. The van der Waals surface area contributed by atoms with Gasteiger partial charge >= 0.3 is 5.97 Å². The van der Waals surface area contributed by atoms with Crippen molar-refractivity contribution >= 4 is 11.8 Å². The van der Waals surface area contributed by atoms with E-state index in [2.05, 4.69) is 20.4 Å². The molecule has 0 spiro atoms. The van der Waals surface area contributed by atoms with Crippen LogP contribution in [-0.2, 0) is 19.1 Å². The van der Waals surface area contributed by atoms with Crippen molar-refractivity contribution in [3.05, 3.63) is 24.2 Å². The molecule has 0 saturated heterocycles. The van der Waals surface area contributed by atoms with Gasteiger partial charge in [-0.3, -0.25) is 9.59 Å². The standard InChI is InChI=1S/C21H30O5/c1-7-20(5)15(19(3,4)18(23)24)8-9-21(6)16(20)11-13-14(22)10-12(2)25-17(13)26-21/h7,12,15-16H,1,8-11H2,2-6H3,(H,23,24)/t12-,15+,16+,20+,21+/m1/s1. The van der Waals surface area contributed by atoms with Gasteiger partial charge in [0.25, 0.3) is 5.95 Å². The maximum Gasteiger partial charge on any atom is 0.309 e. The molecule has 5 nitrogen and oxygen atoms in total. The van der Waals surface area contributed by atoms with E-state index in [0.717, 1.165) is 12.8 Å². The van der Waals surface area contributed by atoms with Gasteiger partial charge in [-0.1, -0.05) is 13.0 Å². The van der Waals surface area contributed by atoms with Crippen LogP contribution in [0.1, 0.15) is 60.3 Å². The third-order valence-corrected chi connectivity index (χ3v) is 7.13. The summed E-state index contributed by atoms with van der Waals surface area (Å²) in [5.41, 5.74) is -1.23. The van der Waals surface area contributed by atoms with Crippen LogP contribution in [0.3, 0.4) is 0 Å². The van der Waals surface area contributed by atoms with Gasteiger partial charge in [0.1, 0.15) is 11.7 Å². The van der Waals surface area contributed by atoms with Gasteiger partial charge in [0.15, 0.2) is 5.78 Å². The normalized spacial score (nSPS) is 40.0. The second kappa shape index (κ2) is 5.86. The second-order valence-corrected chi connectivity index (χ2v) is 9.18. The van der Waals surface area contributed by atoms with Gasteiger partial charge in [0.05, 0.1) is 11.0 Å². The van der Waals surface area contributed by atoms with E-state index in [4.69, 9.17) is 9.47 Å². The summed E-state index contributed by atoms with van der Waals surface area (Å²) in [5, 5.41) is 9.79. The molecule has 1 aliphatic carbocycles. The molecule has 5 atom stereocenters. The highest BCUT2D eigenvalue weighted by Gasteiger charge is 2.61. The number of carbonyl (C=O) groups excluding carboxylic acids is 1. The topological polar surface area (TPSA) is 72.8 Å². The molecule has 2 aliphatic heterocycles. The van der Waals surface area contributed by atoms with Crippen LogP contribution in [0.4, 0.5) is 0 Å². The lowest BCUT2D eigenvalue weighted by Crippen LogP contribution is -2.59. The van der Waals surface area contributed by atoms with Gasteiger partial charge in [-0.05, 0) is 58.3 Å². The number of fused-ring (bicyclic) bond motifs is 1. The van der Waals surface area contributed by atoms with E-state index in [1.165, 1.54) is 0 Å². The van der Waals surface area contributed by atoms with Gasteiger partial charge in [-0.25, -0.2) is 0 Å². The summed E-state index contributed by atoms with van der Waals surface area (Å²) in [6.45, 7) is 13.6. The summed E-state index contributed by atoms with van der Waals surface area (Å²) in [6.07, 6.45) is 4.07. The monoisotopic (exact) mass is 362 g/mol. The molecular weight excluding hydrogens is 332 g/mol. The van der Waals surface area contributed by atoms with E-state index < -0.39 is 22.4 Å². The van der Waals surface area contributed by atoms with E-state index in [0.29, 0.717) is 24.4 Å². The van der Waals surface area contributed by atoms with Gasteiger partial charge in [0, 0.05) is 12.3 Å². The first-order valence-corrected chi connectivity index (χ1v) is 9.44. The molecule has 1 saturated carbocycles. The largest absolute Gasteiger partial charge is 0.481 e. The maximum atomic E-state index is 12.6. The van der Waals surface area contributed by atoms with Crippen molar-refractivity contribution in [1.82, 2.24) is 0 Å². The number of hydrogen-bond acceptors (Lipinski definition) is 4. The Morgan fingerprint density at radius 2 is 2.00 bits per heavy atom. The van der Waals surface area contributed by atoms with Crippen molar-refractivity contribution in [1.29, 1.82) is 0 Å². The number of carboxylic acids is 1. The van der Waals surface area contributed by atoms with Gasteiger partial charge < -0.3 is 14.6 Å². The molecule has 5 heteroatoms. The van der Waals surface area contributed by atoms with E-state index >= 15 is 0 Å². The fourth-order valence-corrected chi connectivity index (χ4v) is 5.44. The Kier molecular flexibility index (Phi) is 4.28. The first-order chi connectivity index (χ1) is 12.0. The highest BCUT2D eigenvalue weighted by molar-refractivity contribution is 5.96. The SMILES string of the molecule is C=C[C@@]1(C)[C@H](C(C)(C)C(=O)O)CC[C@]2(C)OC3=C(C[C@@H]12)C(=O)C[C@@H](C)O3. The van der Waals surface area contributed by atoms with Crippen LogP contribution in [-0.4, -0.2) is 28.6 Å². The third kappa shape index (κ3) is 2.58. The molecule has 0 aromatic rings. The van der Waals surface area contributed by atoms with E-state index in [9.17, 15) is 14.7 Å². The number of carbonyl (C=O) groups is 2. The Morgan fingerprint density at radius 1 is 1.35 bits per heavy atom. The summed E-state index contributed by atoms with van der Waals surface area (Å²) >= 11 is 0. The quantitative estimate of drug-likeness (QED) is 0.766. The molecule has 26 heavy (non-hydrogen) atoms. The number of hydrogen-bond donors (Lipinski definition) is 1. The molecule has 0 bridgehead atoms. The van der Waals surface area contributed by atoms with Crippen LogP contribution in [0, 0.1) is 22.7 Å². The third-order valence-electron chi connectivity index (χ3n) is 7.13. The van der Waals surface area contributed by atoms with Crippen molar-refractivity contribution in [2.75, 3.05) is 0 Å². The highest BCUT2D eigenvalue weighted by atomic mass is 16.7. The minimum atomic E-state index is -0.888. The second-order valence-electron chi connectivity index (χ2n) is 9.18. The zero-order valence-electron chi connectivity index (χ0n) is 16.4. The summed E-state index contributed by atoms with van der Waals surface area (Å²) in [6, 6.07) is 0. The van der Waals surface area contributed by atoms with E-state index in [1.54, 1.807) is 13.8 Å². The van der Waals surface area contributed by atoms with Crippen molar-refractivity contribution in [3.63, 3.8) is 0 Å². The molecule has 0 aromatic carbocycles. The lowest BCUT2D eigenvalue weighted by atomic mass is 9.48. The molecule has 3 rings (SSSR count). The molecule has 144 valence electrons. The van der Waals surface area contributed by atoms with Crippen LogP contribution in [0.15, 0.2) is 24.2 Å². The molecule has 0 aromatic heterocycles. The van der Waals surface area contributed by atoms with Gasteiger partial charge in [-0.15, -0.1) is 6.58 Å². The number of aliphatic carboxylic acids is 1. The molecule has 0 amide bonds. The number of ether oxygens (including phenoxy) is 2. The lowest BCUT2D eigenvalue weighted by Gasteiger charge is -2.59. The highest BCUT2D eigenvalue weighted by Crippen LogP contribution is 2.61. The van der Waals surface area contributed by atoms with Gasteiger partial charge in [0.2, 0.25) is 0 Å². The van der Waals surface area contributed by atoms with Crippen LogP contribution in [0.5, 0.6) is 0 Å². The number of rotatable bonds is 3. The minimum absolute atomic E-state index is 0.0235. The molecule has 3 aliphatic rings. The summed E-state index contributed by atoms with van der Waals surface area (Å²) in [5.74, 6) is -0.458. The Balaban J connectivity index is 2.05. The number of ketones is 1. The molecule has 1 fully saturated rings. The van der Waals surface area contributed by atoms with Crippen LogP contribution < -0.4 is 0 Å². The summed E-state index contributed by atoms with van der Waals surface area (Å²) < 4.78 is 12.1. The summed E-state index contributed by atoms with van der Waals surface area (Å²) in [4.78, 5) is 24.5. The average Bonchev–Trinajstić information content (AvgIpc) is 2.52. The molecule has 0 radical (unpaired) electrons. The lowest BCUT2D eigenvalue weighted by molar-refractivity contribution is -0.197. The van der Waals surface area contributed by atoms with Crippen LogP contribution in [0.2, 0.25) is 0 Å². The molecular formula is C21H30O5. The zero-order chi connectivity index (χ0) is 19.5. The predicted octanol–water partition coefficient (Wildman–Crippen LogP) is 4.08. The van der Waals surface area contributed by atoms with E-state index in [-0.39, 0.29) is 23.7 Å². The fourth-order valence-electron chi connectivity index (χ4n) is 5.44. The smallest absolute Gasteiger partial charge is 0.309 e. The minimum Gasteiger partial charge on any atom is -0.481 e. The average molecular weight is 362 g/mol. The molecule has 0 unspecified atom stereocenters. The maximum absolute atomic E-state index is 12.6. The molecule has 2 heterocycles. The number of Topliss-reactive ketones (excluding diaryl/α,β-unsaturated/α-hetero) is 1. The van der Waals surface area contributed by atoms with Crippen molar-refractivity contribution in [2.45, 2.75) is 72.0 Å². The van der Waals surface area contributed by atoms with Crippen molar-refractivity contribution in [2.24, 2.45) is 22.7 Å². The van der Waals surface area contributed by atoms with Crippen molar-refractivity contribution in [3.8, 4) is 0 Å². The number of allylic oxidation sites excluding steroid dienone is 2. The first-order valence-electron chi connectivity index (χ1n) is 9.44. The first kappa shape index (κ1) is 19.0. The Hall–Kier alpha value is -1.78. The Morgan fingerprint density at radius 3 is 2.58 bits per heavy atom. The summed E-state index contributed by atoms with van der Waals surface area (Å²) in [7, 11) is 0. The fraction of sp³-hybridized carbons (Fsp3) is 0.714. The number of carboxylic acid groups (broad SMARTS) is 1. The molecule has 1 N–H and O–H groups in total. The predicted molar refractivity (Wildman–Crippen MR) is 97.2 cm³/mol.